The molecular formula is C20H19ClN2O4. The van der Waals surface area contributed by atoms with E-state index in [9.17, 15) is 9.59 Å². The quantitative estimate of drug-likeness (QED) is 0.785. The summed E-state index contributed by atoms with van der Waals surface area (Å²) in [7, 11) is 1.34. The van der Waals surface area contributed by atoms with Crippen LogP contribution >= 0.6 is 11.6 Å². The predicted octanol–water partition coefficient (Wildman–Crippen LogP) is 4.20. The zero-order valence-corrected chi connectivity index (χ0v) is 16.0. The minimum absolute atomic E-state index is 0.258. The molecule has 0 aromatic heterocycles. The van der Waals surface area contributed by atoms with Gasteiger partial charge in [-0.3, -0.25) is 4.90 Å². The Balaban J connectivity index is 1.78. The highest BCUT2D eigenvalue weighted by atomic mass is 35.5. The fourth-order valence-corrected chi connectivity index (χ4v) is 3.99. The zero-order chi connectivity index (χ0) is 19.3. The Morgan fingerprint density at radius 2 is 2.15 bits per heavy atom. The Kier molecular flexibility index (Phi) is 4.03. The molecule has 7 heteroatoms. The number of esters is 1. The average molecular weight is 387 g/mol. The first-order valence-corrected chi connectivity index (χ1v) is 8.99. The number of carbonyl (C=O) groups is 2. The van der Waals surface area contributed by atoms with Crippen LogP contribution in [-0.2, 0) is 4.74 Å². The molecule has 2 heterocycles. The lowest BCUT2D eigenvalue weighted by Crippen LogP contribution is -2.65. The number of benzene rings is 2. The van der Waals surface area contributed by atoms with Crippen molar-refractivity contribution in [3.05, 3.63) is 58.1 Å². The molecule has 0 radical (unpaired) electrons. The monoisotopic (exact) mass is 386 g/mol. The van der Waals surface area contributed by atoms with Crippen LogP contribution in [0, 0.1) is 6.92 Å². The van der Waals surface area contributed by atoms with Crippen LogP contribution in [0.25, 0.3) is 0 Å². The van der Waals surface area contributed by atoms with Gasteiger partial charge in [-0.2, -0.15) is 0 Å². The van der Waals surface area contributed by atoms with Crippen molar-refractivity contribution in [2.45, 2.75) is 32.0 Å². The first-order valence-electron chi connectivity index (χ1n) is 8.61. The Morgan fingerprint density at radius 1 is 1.37 bits per heavy atom. The zero-order valence-electron chi connectivity index (χ0n) is 15.2. The van der Waals surface area contributed by atoms with Gasteiger partial charge in [0.1, 0.15) is 5.75 Å². The number of ether oxygens (including phenoxy) is 2. The van der Waals surface area contributed by atoms with E-state index >= 15 is 0 Å². The van der Waals surface area contributed by atoms with Gasteiger partial charge in [-0.15, -0.1) is 0 Å². The number of carbonyl (C=O) groups excluding carboxylic acids is 2. The summed E-state index contributed by atoms with van der Waals surface area (Å²) in [5.41, 5.74) is 1.83. The molecule has 2 aromatic rings. The van der Waals surface area contributed by atoms with E-state index in [0.717, 1.165) is 11.1 Å². The number of fused-ring (bicyclic) bond motifs is 4. The molecule has 1 saturated heterocycles. The fourth-order valence-electron chi connectivity index (χ4n) is 3.82. The maximum atomic E-state index is 13.0. The standard InChI is InChI=1S/C20H19ClN2O4/c1-11-14(21)5-4-6-16(11)23-19(25)22-15-10-20(23,2)27-17-8-7-12(9-13(15)17)18(24)26-3/h4-9,15H,10H2,1-3H3,(H,22,25). The molecule has 0 saturated carbocycles. The second kappa shape index (κ2) is 6.16. The number of amides is 2. The number of halogens is 1. The van der Waals surface area contributed by atoms with Gasteiger partial charge in [0, 0.05) is 17.0 Å². The summed E-state index contributed by atoms with van der Waals surface area (Å²) in [4.78, 5) is 26.4. The molecule has 2 aromatic carbocycles. The molecule has 2 atom stereocenters. The van der Waals surface area contributed by atoms with E-state index in [1.807, 2.05) is 26.0 Å². The molecule has 2 amide bonds. The van der Waals surface area contributed by atoms with Gasteiger partial charge < -0.3 is 14.8 Å². The van der Waals surface area contributed by atoms with Crippen LogP contribution in [0.1, 0.15) is 40.9 Å². The summed E-state index contributed by atoms with van der Waals surface area (Å²) < 4.78 is 11.0. The number of urea groups is 1. The molecule has 0 aliphatic carbocycles. The van der Waals surface area contributed by atoms with Gasteiger partial charge in [0.25, 0.3) is 0 Å². The van der Waals surface area contributed by atoms with E-state index in [1.165, 1.54) is 7.11 Å². The van der Waals surface area contributed by atoms with Crippen molar-refractivity contribution in [3.8, 4) is 5.75 Å². The van der Waals surface area contributed by atoms with Crippen LogP contribution in [0.5, 0.6) is 5.75 Å². The molecule has 0 spiro atoms. The lowest BCUT2D eigenvalue weighted by atomic mass is 9.89. The summed E-state index contributed by atoms with van der Waals surface area (Å²) >= 11 is 6.26. The van der Waals surface area contributed by atoms with E-state index in [-0.39, 0.29) is 12.1 Å². The Hall–Kier alpha value is -2.73. The highest BCUT2D eigenvalue weighted by molar-refractivity contribution is 6.31. The molecule has 2 bridgehead atoms. The molecule has 2 aliphatic rings. The van der Waals surface area contributed by atoms with Crippen molar-refractivity contribution in [1.82, 2.24) is 5.32 Å². The third kappa shape index (κ3) is 2.72. The second-order valence-corrected chi connectivity index (χ2v) is 7.35. The van der Waals surface area contributed by atoms with Gasteiger partial charge in [-0.25, -0.2) is 9.59 Å². The van der Waals surface area contributed by atoms with Crippen LogP contribution in [0.2, 0.25) is 5.02 Å². The fraction of sp³-hybridized carbons (Fsp3) is 0.300. The molecule has 140 valence electrons. The van der Waals surface area contributed by atoms with Crippen molar-refractivity contribution >= 4 is 29.3 Å². The number of nitrogens with zero attached hydrogens (tertiary/aromatic N) is 1. The van der Waals surface area contributed by atoms with Crippen molar-refractivity contribution in [3.63, 3.8) is 0 Å². The van der Waals surface area contributed by atoms with Crippen molar-refractivity contribution in [2.24, 2.45) is 0 Å². The first-order chi connectivity index (χ1) is 12.8. The molecule has 1 N–H and O–H groups in total. The van der Waals surface area contributed by atoms with Crippen LogP contribution < -0.4 is 15.0 Å². The second-order valence-electron chi connectivity index (χ2n) is 6.95. The predicted molar refractivity (Wildman–Crippen MR) is 101 cm³/mol. The third-order valence-corrected chi connectivity index (χ3v) is 5.58. The molecule has 2 aliphatic heterocycles. The summed E-state index contributed by atoms with van der Waals surface area (Å²) in [6.07, 6.45) is 0.530. The summed E-state index contributed by atoms with van der Waals surface area (Å²) in [6.45, 7) is 3.76. The SMILES string of the molecule is COC(=O)c1ccc2c(c1)C1CC(C)(O2)N(c2cccc(Cl)c2C)C(=O)N1. The largest absolute Gasteiger partial charge is 0.467 e. The Labute approximate surface area is 162 Å². The molecule has 4 rings (SSSR count). The average Bonchev–Trinajstić information content (AvgIpc) is 2.63. The number of nitrogens with one attached hydrogen (secondary N) is 1. The van der Waals surface area contributed by atoms with Gasteiger partial charge in [-0.1, -0.05) is 17.7 Å². The van der Waals surface area contributed by atoms with E-state index in [0.29, 0.717) is 28.4 Å². The number of hydrogen-bond donors (Lipinski definition) is 1. The van der Waals surface area contributed by atoms with Gasteiger partial charge in [0.05, 0.1) is 24.4 Å². The van der Waals surface area contributed by atoms with Crippen LogP contribution in [0.4, 0.5) is 10.5 Å². The Bertz CT molecular complexity index is 961. The van der Waals surface area contributed by atoms with Gasteiger partial charge in [-0.05, 0) is 49.7 Å². The minimum Gasteiger partial charge on any atom is -0.467 e. The van der Waals surface area contributed by atoms with E-state index in [4.69, 9.17) is 21.1 Å². The minimum atomic E-state index is -0.873. The Morgan fingerprint density at radius 3 is 2.89 bits per heavy atom. The number of hydrogen-bond acceptors (Lipinski definition) is 4. The van der Waals surface area contributed by atoms with E-state index in [1.54, 1.807) is 29.2 Å². The highest BCUT2D eigenvalue weighted by Gasteiger charge is 2.50. The highest BCUT2D eigenvalue weighted by Crippen LogP contribution is 2.46. The maximum Gasteiger partial charge on any atom is 0.337 e. The van der Waals surface area contributed by atoms with Crippen molar-refractivity contribution in [2.75, 3.05) is 12.0 Å². The third-order valence-electron chi connectivity index (χ3n) is 5.17. The molecule has 27 heavy (non-hydrogen) atoms. The van der Waals surface area contributed by atoms with E-state index < -0.39 is 11.7 Å². The molecule has 6 nitrogen and oxygen atoms in total. The van der Waals surface area contributed by atoms with Crippen LogP contribution in [0.15, 0.2) is 36.4 Å². The summed E-state index contributed by atoms with van der Waals surface area (Å²) in [5, 5.41) is 3.61. The number of rotatable bonds is 2. The summed E-state index contributed by atoms with van der Waals surface area (Å²) in [5.74, 6) is 0.204. The van der Waals surface area contributed by atoms with Crippen LogP contribution in [0.3, 0.4) is 0 Å². The smallest absolute Gasteiger partial charge is 0.337 e. The molecular weight excluding hydrogens is 368 g/mol. The van der Waals surface area contributed by atoms with Gasteiger partial charge >= 0.3 is 12.0 Å². The topological polar surface area (TPSA) is 67.9 Å². The normalized spacial score (nSPS) is 23.2. The van der Waals surface area contributed by atoms with Crippen molar-refractivity contribution in [1.29, 1.82) is 0 Å². The van der Waals surface area contributed by atoms with Crippen LogP contribution in [-0.4, -0.2) is 24.8 Å². The maximum absolute atomic E-state index is 13.0. The van der Waals surface area contributed by atoms with Gasteiger partial charge in [0.2, 0.25) is 0 Å². The lowest BCUT2D eigenvalue weighted by Gasteiger charge is -2.51. The van der Waals surface area contributed by atoms with Crippen molar-refractivity contribution < 1.29 is 19.1 Å². The lowest BCUT2D eigenvalue weighted by molar-refractivity contribution is 0.0376. The first kappa shape index (κ1) is 17.7. The summed E-state index contributed by atoms with van der Waals surface area (Å²) in [6, 6.07) is 10.0. The van der Waals surface area contributed by atoms with Gasteiger partial charge in [0.15, 0.2) is 5.72 Å². The number of methoxy groups -OCH3 is 1. The molecule has 2 unspecified atom stereocenters. The number of anilines is 1. The molecule has 1 fully saturated rings. The van der Waals surface area contributed by atoms with E-state index in [2.05, 4.69) is 5.32 Å².